The molecule has 0 saturated heterocycles. The number of rotatable bonds is 3. The minimum atomic E-state index is 0. The van der Waals surface area contributed by atoms with Gasteiger partial charge in [-0.3, -0.25) is 0 Å². The Bertz CT molecular complexity index is 1920. The van der Waals surface area contributed by atoms with Crippen LogP contribution in [0.25, 0.3) is 66.1 Å². The molecule has 2 aromatic heterocycles. The fraction of sp³-hybridized carbons (Fsp3) is 0. The summed E-state index contributed by atoms with van der Waals surface area (Å²) >= 11 is 0. The molecule has 0 spiro atoms. The number of hydrogen-bond donors (Lipinski definition) is 0. The van der Waals surface area contributed by atoms with E-state index in [9.17, 15) is 0 Å². The van der Waals surface area contributed by atoms with Crippen LogP contribution in [0, 0.1) is 0 Å². The molecule has 0 aliphatic heterocycles. The van der Waals surface area contributed by atoms with Crippen molar-refractivity contribution in [1.29, 1.82) is 0 Å². The first-order valence-electron chi connectivity index (χ1n) is 18.1. The van der Waals surface area contributed by atoms with E-state index in [1.807, 2.05) is 0 Å². The fourth-order valence-corrected chi connectivity index (χ4v) is 6.16. The minimum Gasteiger partial charge on any atom is -0.309 e. The highest BCUT2D eigenvalue weighted by molar-refractivity contribution is 6.11. The second kappa shape index (κ2) is 8.22. The van der Waals surface area contributed by atoms with Crippen LogP contribution in [-0.4, -0.2) is 9.13 Å². The Labute approximate surface area is 237 Å². The SMILES string of the molecule is [2HH].[2H][2H].[2H][2H].[2H][2H].[2H][2H].[2H][2H].c1ccc(-n2c3ccccc3c3ccccc32)c(-c2ccccc2-n2c3ccccc3c3ccccc32)c1. The van der Waals surface area contributed by atoms with E-state index in [1.54, 1.807) is 0 Å². The van der Waals surface area contributed by atoms with Gasteiger partial charge in [0.05, 0.1) is 33.4 Å². The van der Waals surface area contributed by atoms with Crippen molar-refractivity contribution in [2.45, 2.75) is 0 Å². The molecule has 0 unspecified atom stereocenters. The van der Waals surface area contributed by atoms with Gasteiger partial charge in [0.25, 0.3) is 0 Å². The molecule has 0 aliphatic carbocycles. The standard InChI is InChI=1S/C36H24N2.6H2/c1-7-19-31-25(13-1)26-14-2-8-20-32(26)37(31)35-23-11-5-17-29(35)30-18-6-12-24-36(30)38-33-21-9-3-15-27(33)28-16-4-10-22-34(28)38;;;;;;/h1-24H;6*1H/i;5*1+1D;1+1. The Kier molecular flexibility index (Phi) is 3.60. The van der Waals surface area contributed by atoms with Crippen LogP contribution >= 0.6 is 0 Å². The molecule has 0 atom stereocenters. The molecule has 8 rings (SSSR count). The first kappa shape index (κ1) is 16.6. The number of nitrogens with zero attached hydrogens (tertiary/aromatic N) is 2. The van der Waals surface area contributed by atoms with Crippen LogP contribution in [0.1, 0.15) is 16.3 Å². The quantitative estimate of drug-likeness (QED) is 0.225. The van der Waals surface area contributed by atoms with Gasteiger partial charge < -0.3 is 9.13 Å². The molecule has 0 saturated carbocycles. The van der Waals surface area contributed by atoms with Gasteiger partial charge in [-0.05, 0) is 36.4 Å². The molecule has 8 aromatic rings. The Balaban J connectivity index is 0.000000700. The molecule has 0 N–H and O–H groups in total. The third-order valence-corrected chi connectivity index (χ3v) is 7.74. The normalized spacial score (nSPS) is 12.7. The van der Waals surface area contributed by atoms with Gasteiger partial charge in [0.2, 0.25) is 0 Å². The topological polar surface area (TPSA) is 9.86 Å². The maximum Gasteiger partial charge on any atom is 0.0541 e. The maximum atomic E-state index is 5.00. The van der Waals surface area contributed by atoms with Crippen molar-refractivity contribution in [2.75, 3.05) is 0 Å². The zero-order valence-corrected chi connectivity index (χ0v) is 20.8. The Morgan fingerprint density at radius 1 is 0.316 bits per heavy atom. The van der Waals surface area contributed by atoms with Gasteiger partial charge in [0.15, 0.2) is 0 Å². The highest BCUT2D eigenvalue weighted by atomic mass is 15.0. The molecule has 2 nitrogen and oxygen atoms in total. The molecule has 6 aromatic carbocycles. The van der Waals surface area contributed by atoms with Crippen LogP contribution < -0.4 is 0 Å². The third-order valence-electron chi connectivity index (χ3n) is 7.74. The summed E-state index contributed by atoms with van der Waals surface area (Å²) in [5.74, 6) is 0. The van der Waals surface area contributed by atoms with E-state index in [4.69, 9.17) is 14.8 Å². The van der Waals surface area contributed by atoms with Crippen LogP contribution in [0.2, 0.25) is 0 Å². The molecule has 2 heterocycles. The largest absolute Gasteiger partial charge is 0.309 e. The van der Waals surface area contributed by atoms with Crippen molar-refractivity contribution < 1.29 is 16.3 Å². The average molecular weight is 508 g/mol. The second-order valence-electron chi connectivity index (χ2n) is 9.77. The van der Waals surface area contributed by atoms with Gasteiger partial charge in [-0.2, -0.15) is 0 Å². The molecular formula is C36H36N2. The van der Waals surface area contributed by atoms with Crippen LogP contribution in [0.3, 0.4) is 0 Å². The fourth-order valence-electron chi connectivity index (χ4n) is 6.16. The predicted octanol–water partition coefficient (Wildman–Crippen LogP) is 11.0. The van der Waals surface area contributed by atoms with E-state index in [0.29, 0.717) is 0 Å². The maximum absolute atomic E-state index is 5.00. The van der Waals surface area contributed by atoms with E-state index >= 15 is 0 Å². The number of aromatic nitrogens is 2. The lowest BCUT2D eigenvalue weighted by Gasteiger charge is -2.18. The molecule has 2 heteroatoms. The van der Waals surface area contributed by atoms with Gasteiger partial charge in [-0.15, -0.1) is 0 Å². The highest BCUT2D eigenvalue weighted by Gasteiger charge is 2.19. The summed E-state index contributed by atoms with van der Waals surface area (Å²) in [5, 5.41) is 5.09. The first-order chi connectivity index (χ1) is 23.9. The van der Waals surface area contributed by atoms with Crippen molar-refractivity contribution in [1.82, 2.24) is 9.13 Å². The van der Waals surface area contributed by atoms with Crippen molar-refractivity contribution in [3.05, 3.63) is 146 Å². The zero-order valence-electron chi connectivity index (χ0n) is 30.8. The Morgan fingerprint density at radius 2 is 0.579 bits per heavy atom. The first-order valence-corrected chi connectivity index (χ1v) is 13.1. The van der Waals surface area contributed by atoms with E-state index < -0.39 is 0 Å². The summed E-state index contributed by atoms with van der Waals surface area (Å²) in [5.41, 5.74) is 9.64. The number of para-hydroxylation sites is 6. The smallest absolute Gasteiger partial charge is 0.0541 e. The van der Waals surface area contributed by atoms with Crippen molar-refractivity contribution in [3.8, 4) is 22.5 Å². The molecule has 38 heavy (non-hydrogen) atoms. The lowest BCUT2D eigenvalue weighted by molar-refractivity contribution is 1.16. The van der Waals surface area contributed by atoms with Gasteiger partial charge in [0, 0.05) is 48.9 Å². The Hall–Kier alpha value is -5.08. The lowest BCUT2D eigenvalue weighted by Crippen LogP contribution is -2.01. The predicted molar refractivity (Wildman–Crippen MR) is 173 cm³/mol. The van der Waals surface area contributed by atoms with Gasteiger partial charge >= 0.3 is 0 Å². The molecule has 0 aliphatic rings. The molecule has 0 amide bonds. The van der Waals surface area contributed by atoms with E-state index in [2.05, 4.69) is 155 Å². The molecular weight excluding hydrogens is 460 g/mol. The molecule has 0 radical (unpaired) electrons. The third kappa shape index (κ3) is 2.95. The molecule has 0 bridgehead atoms. The summed E-state index contributed by atoms with van der Waals surface area (Å²) in [6.45, 7) is 0. The summed E-state index contributed by atoms with van der Waals surface area (Å²) in [6.07, 6.45) is 0. The monoisotopic (exact) mass is 507 g/mol. The zero-order chi connectivity index (χ0) is 35.1. The van der Waals surface area contributed by atoms with E-state index in [-0.39, 0.29) is 1.43 Å². The van der Waals surface area contributed by atoms with Gasteiger partial charge in [-0.1, -0.05) is 109 Å². The van der Waals surface area contributed by atoms with Gasteiger partial charge in [0.1, 0.15) is 0 Å². The average Bonchev–Trinajstić information content (AvgIpc) is 3.72. The van der Waals surface area contributed by atoms with Crippen molar-refractivity contribution >= 4 is 43.6 Å². The van der Waals surface area contributed by atoms with Crippen LogP contribution in [0.15, 0.2) is 146 Å². The second-order valence-corrected chi connectivity index (χ2v) is 9.77. The van der Waals surface area contributed by atoms with Crippen molar-refractivity contribution in [2.24, 2.45) is 0 Å². The van der Waals surface area contributed by atoms with Crippen LogP contribution in [0.5, 0.6) is 0 Å². The summed E-state index contributed by atoms with van der Waals surface area (Å²) < 4.78 is 54.8. The van der Waals surface area contributed by atoms with Crippen molar-refractivity contribution in [3.63, 3.8) is 0 Å². The number of benzene rings is 6. The van der Waals surface area contributed by atoms with Crippen LogP contribution in [0.4, 0.5) is 0 Å². The highest BCUT2D eigenvalue weighted by Crippen LogP contribution is 2.40. The summed E-state index contributed by atoms with van der Waals surface area (Å²) in [6, 6.07) is 52.4. The summed E-state index contributed by atoms with van der Waals surface area (Å²) in [4.78, 5) is 0. The Morgan fingerprint density at radius 3 is 0.921 bits per heavy atom. The van der Waals surface area contributed by atoms with Crippen LogP contribution in [-0.2, 0) is 0 Å². The molecule has 190 valence electrons. The lowest BCUT2D eigenvalue weighted by atomic mass is 10.0. The molecule has 0 fully saturated rings. The van der Waals surface area contributed by atoms with E-state index in [0.717, 1.165) is 0 Å². The number of hydrogen-bond acceptors (Lipinski definition) is 0. The minimum absolute atomic E-state index is 0. The van der Waals surface area contributed by atoms with E-state index in [1.165, 1.54) is 66.1 Å². The van der Waals surface area contributed by atoms with Gasteiger partial charge in [-0.25, -0.2) is 0 Å². The summed E-state index contributed by atoms with van der Waals surface area (Å²) in [7, 11) is 0. The number of fused-ring (bicyclic) bond motifs is 6.